The van der Waals surface area contributed by atoms with Gasteiger partial charge in [0.2, 0.25) is 0 Å². The quantitative estimate of drug-likeness (QED) is 0.687. The molecular weight excluding hydrogens is 256 g/mol. The fraction of sp³-hybridized carbons (Fsp3) is 0.357. The molecule has 0 saturated carbocycles. The van der Waals surface area contributed by atoms with Crippen molar-refractivity contribution in [1.29, 1.82) is 0 Å². The van der Waals surface area contributed by atoms with Gasteiger partial charge in [0.1, 0.15) is 5.69 Å². The van der Waals surface area contributed by atoms with Crippen LogP contribution in [0.4, 0.5) is 5.69 Å². The molecule has 104 valence electrons. The van der Waals surface area contributed by atoms with Crippen LogP contribution in [0, 0.1) is 10.1 Å². The third kappa shape index (κ3) is 1.98. The molecule has 1 aliphatic carbocycles. The third-order valence-electron chi connectivity index (χ3n) is 3.84. The third-order valence-corrected chi connectivity index (χ3v) is 3.84. The summed E-state index contributed by atoms with van der Waals surface area (Å²) in [7, 11) is 1.93. The summed E-state index contributed by atoms with van der Waals surface area (Å²) in [6.45, 7) is 0. The Morgan fingerprint density at radius 1 is 1.45 bits per heavy atom. The number of hydrogen-bond donors (Lipinski definition) is 1. The van der Waals surface area contributed by atoms with Gasteiger partial charge >= 0.3 is 0 Å². The minimum absolute atomic E-state index is 0.0879. The van der Waals surface area contributed by atoms with Gasteiger partial charge in [0.25, 0.3) is 5.69 Å². The number of aromatic nitrogens is 2. The Bertz CT molecular complexity index is 650. The first-order valence-electron chi connectivity index (χ1n) is 6.70. The van der Waals surface area contributed by atoms with Crippen molar-refractivity contribution in [3.05, 3.63) is 51.8 Å². The first-order chi connectivity index (χ1) is 9.72. The van der Waals surface area contributed by atoms with Crippen LogP contribution in [0.1, 0.15) is 30.1 Å². The molecule has 1 N–H and O–H groups in total. The van der Waals surface area contributed by atoms with Gasteiger partial charge < -0.3 is 5.32 Å². The molecule has 1 aliphatic rings. The maximum absolute atomic E-state index is 11.2. The Morgan fingerprint density at radius 3 is 3.00 bits per heavy atom. The van der Waals surface area contributed by atoms with Gasteiger partial charge in [-0.25, -0.2) is 4.68 Å². The normalized spacial score (nSPS) is 17.8. The maximum Gasteiger partial charge on any atom is 0.294 e. The molecule has 0 amide bonds. The number of nitrogens with zero attached hydrogens (tertiary/aromatic N) is 3. The number of para-hydroxylation sites is 2. The van der Waals surface area contributed by atoms with Gasteiger partial charge in [-0.15, -0.1) is 0 Å². The Labute approximate surface area is 116 Å². The van der Waals surface area contributed by atoms with Crippen LogP contribution in [-0.4, -0.2) is 21.8 Å². The van der Waals surface area contributed by atoms with Crippen molar-refractivity contribution >= 4 is 5.69 Å². The zero-order chi connectivity index (χ0) is 14.1. The van der Waals surface area contributed by atoms with E-state index in [0.29, 0.717) is 5.69 Å². The zero-order valence-corrected chi connectivity index (χ0v) is 11.2. The van der Waals surface area contributed by atoms with Crippen LogP contribution in [0.25, 0.3) is 5.69 Å². The number of hydrogen-bond acceptors (Lipinski definition) is 4. The van der Waals surface area contributed by atoms with Crippen LogP contribution >= 0.6 is 0 Å². The van der Waals surface area contributed by atoms with E-state index in [1.54, 1.807) is 22.9 Å². The molecule has 1 aromatic carbocycles. The Morgan fingerprint density at radius 2 is 2.25 bits per heavy atom. The van der Waals surface area contributed by atoms with E-state index in [1.807, 2.05) is 13.2 Å². The Balaban J connectivity index is 2.13. The molecule has 6 heteroatoms. The fourth-order valence-electron chi connectivity index (χ4n) is 2.86. The van der Waals surface area contributed by atoms with Crippen molar-refractivity contribution in [2.75, 3.05) is 7.05 Å². The van der Waals surface area contributed by atoms with Crippen molar-refractivity contribution in [1.82, 2.24) is 15.1 Å². The second-order valence-corrected chi connectivity index (χ2v) is 4.94. The predicted molar refractivity (Wildman–Crippen MR) is 75.0 cm³/mol. The minimum Gasteiger partial charge on any atom is -0.313 e. The molecule has 20 heavy (non-hydrogen) atoms. The van der Waals surface area contributed by atoms with Gasteiger partial charge in [-0.1, -0.05) is 12.1 Å². The number of nitro benzene ring substituents is 1. The van der Waals surface area contributed by atoms with E-state index in [-0.39, 0.29) is 16.7 Å². The van der Waals surface area contributed by atoms with E-state index in [0.717, 1.165) is 30.5 Å². The molecule has 0 saturated heterocycles. The number of fused-ring (bicyclic) bond motifs is 1. The molecule has 6 nitrogen and oxygen atoms in total. The second kappa shape index (κ2) is 5.05. The molecule has 0 radical (unpaired) electrons. The lowest BCUT2D eigenvalue weighted by Crippen LogP contribution is -2.21. The molecule has 1 heterocycles. The van der Waals surface area contributed by atoms with Crippen molar-refractivity contribution in [3.63, 3.8) is 0 Å². The van der Waals surface area contributed by atoms with Gasteiger partial charge in [0, 0.05) is 23.4 Å². The van der Waals surface area contributed by atoms with Crippen LogP contribution in [0.3, 0.4) is 0 Å². The van der Waals surface area contributed by atoms with Crippen LogP contribution in [-0.2, 0) is 6.42 Å². The molecule has 1 unspecified atom stereocenters. The van der Waals surface area contributed by atoms with Crippen LogP contribution in [0.15, 0.2) is 30.5 Å². The van der Waals surface area contributed by atoms with Gasteiger partial charge in [-0.05, 0) is 32.4 Å². The molecule has 3 rings (SSSR count). The SMILES string of the molecule is CNC1CCCc2c1cnn2-c1ccccc1[N+](=O)[O-]. The molecular formula is C14H16N4O2. The molecule has 0 spiro atoms. The standard InChI is InChI=1S/C14H16N4O2/c1-15-11-5-4-8-12-10(11)9-16-17(12)13-6-2-3-7-14(13)18(19)20/h2-3,6-7,9,11,15H,4-5,8H2,1H3. The van der Waals surface area contributed by atoms with Gasteiger partial charge in [-0.3, -0.25) is 10.1 Å². The lowest BCUT2D eigenvalue weighted by Gasteiger charge is -2.22. The summed E-state index contributed by atoms with van der Waals surface area (Å²) in [6, 6.07) is 7.02. The molecule has 0 fully saturated rings. The summed E-state index contributed by atoms with van der Waals surface area (Å²) in [5.74, 6) is 0. The molecule has 0 bridgehead atoms. The van der Waals surface area contributed by atoms with Crippen molar-refractivity contribution in [2.24, 2.45) is 0 Å². The molecule has 0 aliphatic heterocycles. The zero-order valence-electron chi connectivity index (χ0n) is 11.2. The summed E-state index contributed by atoms with van der Waals surface area (Å²) in [5, 5.41) is 18.8. The van der Waals surface area contributed by atoms with Gasteiger partial charge in [0.05, 0.1) is 11.1 Å². The minimum atomic E-state index is -0.359. The van der Waals surface area contributed by atoms with E-state index >= 15 is 0 Å². The average Bonchev–Trinajstić information content (AvgIpc) is 2.90. The Hall–Kier alpha value is -2.21. The van der Waals surface area contributed by atoms with E-state index in [1.165, 1.54) is 6.07 Å². The Kier molecular flexibility index (Phi) is 3.23. The summed E-state index contributed by atoms with van der Waals surface area (Å²) >= 11 is 0. The first kappa shape index (κ1) is 12.8. The second-order valence-electron chi connectivity index (χ2n) is 4.94. The van der Waals surface area contributed by atoms with Gasteiger partial charge in [0.15, 0.2) is 0 Å². The summed E-state index contributed by atoms with van der Waals surface area (Å²) in [4.78, 5) is 10.8. The molecule has 2 aromatic rings. The predicted octanol–water partition coefficient (Wildman–Crippen LogP) is 2.38. The highest BCUT2D eigenvalue weighted by Crippen LogP contribution is 2.32. The van der Waals surface area contributed by atoms with Crippen molar-refractivity contribution in [2.45, 2.75) is 25.3 Å². The summed E-state index contributed by atoms with van der Waals surface area (Å²) < 4.78 is 1.72. The smallest absolute Gasteiger partial charge is 0.294 e. The number of nitrogens with one attached hydrogen (secondary N) is 1. The van der Waals surface area contributed by atoms with E-state index in [4.69, 9.17) is 0 Å². The number of benzene rings is 1. The largest absolute Gasteiger partial charge is 0.313 e. The summed E-state index contributed by atoms with van der Waals surface area (Å²) in [5.41, 5.74) is 2.85. The fourth-order valence-corrected chi connectivity index (χ4v) is 2.86. The average molecular weight is 272 g/mol. The van der Waals surface area contributed by atoms with Crippen LogP contribution < -0.4 is 5.32 Å². The van der Waals surface area contributed by atoms with Crippen molar-refractivity contribution < 1.29 is 4.92 Å². The summed E-state index contributed by atoms with van der Waals surface area (Å²) in [6.07, 6.45) is 4.86. The van der Waals surface area contributed by atoms with Crippen LogP contribution in [0.5, 0.6) is 0 Å². The number of nitro groups is 1. The van der Waals surface area contributed by atoms with E-state index in [2.05, 4.69) is 10.4 Å². The maximum atomic E-state index is 11.2. The van der Waals surface area contributed by atoms with E-state index in [9.17, 15) is 10.1 Å². The lowest BCUT2D eigenvalue weighted by molar-refractivity contribution is -0.384. The first-order valence-corrected chi connectivity index (χ1v) is 6.70. The van der Waals surface area contributed by atoms with E-state index < -0.39 is 0 Å². The van der Waals surface area contributed by atoms with Crippen molar-refractivity contribution in [3.8, 4) is 5.69 Å². The highest BCUT2D eigenvalue weighted by Gasteiger charge is 2.25. The monoisotopic (exact) mass is 272 g/mol. The molecule has 1 atom stereocenters. The van der Waals surface area contributed by atoms with Crippen LogP contribution in [0.2, 0.25) is 0 Å². The lowest BCUT2D eigenvalue weighted by atomic mass is 9.93. The topological polar surface area (TPSA) is 73.0 Å². The molecule has 1 aromatic heterocycles. The number of rotatable bonds is 3. The highest BCUT2D eigenvalue weighted by atomic mass is 16.6. The highest BCUT2D eigenvalue weighted by molar-refractivity contribution is 5.53. The van der Waals surface area contributed by atoms with Gasteiger partial charge in [-0.2, -0.15) is 5.10 Å².